The zero-order valence-corrected chi connectivity index (χ0v) is 13.3. The number of aromatic nitrogens is 2. The van der Waals surface area contributed by atoms with Gasteiger partial charge in [-0.25, -0.2) is 0 Å². The van der Waals surface area contributed by atoms with Gasteiger partial charge >= 0.3 is 0 Å². The van der Waals surface area contributed by atoms with Crippen LogP contribution in [0.4, 0.5) is 0 Å². The van der Waals surface area contributed by atoms with Crippen LogP contribution in [-0.2, 0) is 0 Å². The highest BCUT2D eigenvalue weighted by molar-refractivity contribution is 7.21. The zero-order valence-electron chi connectivity index (χ0n) is 11.6. The molecule has 0 bridgehead atoms. The van der Waals surface area contributed by atoms with Crippen molar-refractivity contribution in [3.63, 3.8) is 0 Å². The van der Waals surface area contributed by atoms with Crippen molar-refractivity contribution in [1.29, 1.82) is 0 Å². The summed E-state index contributed by atoms with van der Waals surface area (Å²) in [5, 5.41) is 4.31. The molecule has 0 amide bonds. The van der Waals surface area contributed by atoms with E-state index in [-0.39, 0.29) is 0 Å². The Labute approximate surface area is 136 Å². The van der Waals surface area contributed by atoms with Gasteiger partial charge in [0.25, 0.3) is 0 Å². The van der Waals surface area contributed by atoms with Crippen molar-refractivity contribution in [3.05, 3.63) is 71.9 Å². The van der Waals surface area contributed by atoms with Crippen LogP contribution in [0.15, 0.2) is 71.9 Å². The summed E-state index contributed by atoms with van der Waals surface area (Å²) in [7, 11) is 0. The first-order valence-electron chi connectivity index (χ1n) is 6.89. The molecule has 0 spiro atoms. The number of hydrogen-bond donors (Lipinski definition) is 0. The Bertz CT molecular complexity index is 804. The predicted molar refractivity (Wildman–Crippen MR) is 94.1 cm³/mol. The zero-order chi connectivity index (χ0) is 14.8. The standard InChI is InChI=1S/C18H12N2S2/c1-7-19-8-2-13(1)15-5-11-21-17(15)18-16(6-12-22-18)14-3-9-20-10-4-14/h1-12H. The SMILES string of the molecule is c1cc(-c2ccsc2-c2sccc2-c2ccncc2)ccn1. The molecular weight excluding hydrogens is 308 g/mol. The summed E-state index contributed by atoms with van der Waals surface area (Å²) in [5.41, 5.74) is 4.95. The van der Waals surface area contributed by atoms with E-state index >= 15 is 0 Å². The Morgan fingerprint density at radius 2 is 0.955 bits per heavy atom. The monoisotopic (exact) mass is 320 g/mol. The lowest BCUT2D eigenvalue weighted by Crippen LogP contribution is -1.81. The predicted octanol–water partition coefficient (Wildman–Crippen LogP) is 5.60. The highest BCUT2D eigenvalue weighted by atomic mass is 32.1. The lowest BCUT2D eigenvalue weighted by atomic mass is 10.0. The first-order valence-corrected chi connectivity index (χ1v) is 8.65. The summed E-state index contributed by atoms with van der Waals surface area (Å²) in [5.74, 6) is 0. The van der Waals surface area contributed by atoms with Gasteiger partial charge in [-0.3, -0.25) is 9.97 Å². The molecule has 0 N–H and O–H groups in total. The third kappa shape index (κ3) is 2.36. The molecule has 0 fully saturated rings. The van der Waals surface area contributed by atoms with Crippen LogP contribution in [0.2, 0.25) is 0 Å². The van der Waals surface area contributed by atoms with Gasteiger partial charge in [0.1, 0.15) is 0 Å². The second-order valence-electron chi connectivity index (χ2n) is 4.80. The Kier molecular flexibility index (Phi) is 3.54. The fourth-order valence-electron chi connectivity index (χ4n) is 2.49. The Morgan fingerprint density at radius 3 is 1.36 bits per heavy atom. The van der Waals surface area contributed by atoms with Crippen LogP contribution in [0, 0.1) is 0 Å². The lowest BCUT2D eigenvalue weighted by molar-refractivity contribution is 1.33. The summed E-state index contributed by atoms with van der Waals surface area (Å²) in [4.78, 5) is 10.8. The minimum Gasteiger partial charge on any atom is -0.265 e. The molecule has 0 saturated carbocycles. The van der Waals surface area contributed by atoms with E-state index in [1.54, 1.807) is 22.7 Å². The van der Waals surface area contributed by atoms with Crippen molar-refractivity contribution >= 4 is 22.7 Å². The minimum absolute atomic E-state index is 1.21. The molecule has 2 nitrogen and oxygen atoms in total. The fourth-order valence-corrected chi connectivity index (χ4v) is 4.52. The minimum atomic E-state index is 1.21. The number of rotatable bonds is 3. The van der Waals surface area contributed by atoms with E-state index in [4.69, 9.17) is 0 Å². The molecular formula is C18H12N2S2. The van der Waals surface area contributed by atoms with E-state index in [0.29, 0.717) is 0 Å². The second-order valence-corrected chi connectivity index (χ2v) is 6.63. The molecule has 22 heavy (non-hydrogen) atoms. The Hall–Kier alpha value is -2.30. The smallest absolute Gasteiger partial charge is 0.0527 e. The van der Waals surface area contributed by atoms with Crippen LogP contribution in [-0.4, -0.2) is 9.97 Å². The first kappa shape index (κ1) is 13.4. The molecule has 4 rings (SSSR count). The highest BCUT2D eigenvalue weighted by Gasteiger charge is 2.15. The van der Waals surface area contributed by atoms with Gasteiger partial charge < -0.3 is 0 Å². The molecule has 4 aromatic rings. The number of pyridine rings is 2. The van der Waals surface area contributed by atoms with Gasteiger partial charge in [-0.05, 0) is 58.3 Å². The van der Waals surface area contributed by atoms with E-state index in [2.05, 4.69) is 57.1 Å². The third-order valence-corrected chi connectivity index (χ3v) is 5.51. The van der Waals surface area contributed by atoms with Crippen molar-refractivity contribution in [2.24, 2.45) is 0 Å². The summed E-state index contributed by atoms with van der Waals surface area (Å²) in [6.45, 7) is 0. The highest BCUT2D eigenvalue weighted by Crippen LogP contribution is 2.44. The van der Waals surface area contributed by atoms with Crippen molar-refractivity contribution < 1.29 is 0 Å². The van der Waals surface area contributed by atoms with Gasteiger partial charge in [-0.15, -0.1) is 22.7 Å². The molecule has 0 saturated heterocycles. The van der Waals surface area contributed by atoms with Crippen LogP contribution >= 0.6 is 22.7 Å². The van der Waals surface area contributed by atoms with Crippen molar-refractivity contribution in [2.45, 2.75) is 0 Å². The van der Waals surface area contributed by atoms with Crippen LogP contribution in [0.1, 0.15) is 0 Å². The van der Waals surface area contributed by atoms with Gasteiger partial charge in [0.15, 0.2) is 0 Å². The van der Waals surface area contributed by atoms with Crippen LogP contribution in [0.5, 0.6) is 0 Å². The van der Waals surface area contributed by atoms with Crippen LogP contribution < -0.4 is 0 Å². The maximum Gasteiger partial charge on any atom is 0.0527 e. The number of hydrogen-bond acceptors (Lipinski definition) is 4. The van der Waals surface area contributed by atoms with Crippen LogP contribution in [0.3, 0.4) is 0 Å². The molecule has 0 atom stereocenters. The van der Waals surface area contributed by atoms with E-state index in [0.717, 1.165) is 0 Å². The summed E-state index contributed by atoms with van der Waals surface area (Å²) in [6, 6.07) is 12.6. The fraction of sp³-hybridized carbons (Fsp3) is 0. The molecule has 4 aromatic heterocycles. The Morgan fingerprint density at radius 1 is 0.545 bits per heavy atom. The summed E-state index contributed by atoms with van der Waals surface area (Å²) < 4.78 is 0. The lowest BCUT2D eigenvalue weighted by Gasteiger charge is -2.06. The van der Waals surface area contributed by atoms with E-state index in [1.807, 2.05) is 24.8 Å². The topological polar surface area (TPSA) is 25.8 Å². The molecule has 0 aliphatic heterocycles. The average Bonchev–Trinajstić information content (AvgIpc) is 3.25. The largest absolute Gasteiger partial charge is 0.265 e. The molecule has 106 valence electrons. The molecule has 0 unspecified atom stereocenters. The maximum absolute atomic E-state index is 4.11. The van der Waals surface area contributed by atoms with Crippen molar-refractivity contribution in [2.75, 3.05) is 0 Å². The van der Waals surface area contributed by atoms with E-state index in [9.17, 15) is 0 Å². The summed E-state index contributed by atoms with van der Waals surface area (Å²) in [6.07, 6.45) is 7.37. The average molecular weight is 320 g/mol. The number of nitrogens with zero attached hydrogens (tertiary/aromatic N) is 2. The Balaban J connectivity index is 1.86. The molecule has 0 radical (unpaired) electrons. The third-order valence-electron chi connectivity index (χ3n) is 3.52. The quantitative estimate of drug-likeness (QED) is 0.491. The maximum atomic E-state index is 4.11. The van der Waals surface area contributed by atoms with E-state index < -0.39 is 0 Å². The van der Waals surface area contributed by atoms with Gasteiger partial charge in [0.05, 0.1) is 9.75 Å². The van der Waals surface area contributed by atoms with Crippen molar-refractivity contribution in [3.8, 4) is 32.0 Å². The van der Waals surface area contributed by atoms with E-state index in [1.165, 1.54) is 32.0 Å². The second kappa shape index (κ2) is 5.83. The molecule has 0 aliphatic rings. The molecule has 4 heteroatoms. The summed E-state index contributed by atoms with van der Waals surface area (Å²) >= 11 is 3.57. The van der Waals surface area contributed by atoms with Gasteiger partial charge in [-0.2, -0.15) is 0 Å². The van der Waals surface area contributed by atoms with Crippen LogP contribution in [0.25, 0.3) is 32.0 Å². The van der Waals surface area contributed by atoms with Gasteiger partial charge in [0, 0.05) is 35.9 Å². The first-order chi connectivity index (χ1) is 10.9. The number of thiophene rings is 2. The van der Waals surface area contributed by atoms with Gasteiger partial charge in [-0.1, -0.05) is 0 Å². The van der Waals surface area contributed by atoms with Gasteiger partial charge in [0.2, 0.25) is 0 Å². The normalized spacial score (nSPS) is 10.7. The molecule has 0 aromatic carbocycles. The molecule has 4 heterocycles. The van der Waals surface area contributed by atoms with Crippen molar-refractivity contribution in [1.82, 2.24) is 9.97 Å². The molecule has 0 aliphatic carbocycles.